The van der Waals surface area contributed by atoms with Crippen molar-refractivity contribution in [3.8, 4) is 5.75 Å². The highest BCUT2D eigenvalue weighted by molar-refractivity contribution is 6.07. The Morgan fingerprint density at radius 3 is 2.09 bits per heavy atom. The first-order chi connectivity index (χ1) is 16.6. The Hall–Kier alpha value is -4.45. The molecule has 0 bridgehead atoms. The zero-order chi connectivity index (χ0) is 23.8. The summed E-state index contributed by atoms with van der Waals surface area (Å²) in [5.74, 6) is -0.354. The molecule has 0 saturated carbocycles. The van der Waals surface area contributed by atoms with E-state index in [2.05, 4.69) is 22.8 Å². The first kappa shape index (κ1) is 22.7. The fourth-order valence-electron chi connectivity index (χ4n) is 3.31. The SMILES string of the molecule is O=C(Nc1cccc(C(=O)Nc2ccc(F)cc2)c1)c1ccc(OCCc2ccccc2)cc1. The van der Waals surface area contributed by atoms with Gasteiger partial charge in [0.05, 0.1) is 6.61 Å². The van der Waals surface area contributed by atoms with Crippen LogP contribution >= 0.6 is 0 Å². The lowest BCUT2D eigenvalue weighted by Crippen LogP contribution is -2.14. The van der Waals surface area contributed by atoms with Crippen LogP contribution in [0.1, 0.15) is 26.3 Å². The molecule has 2 N–H and O–H groups in total. The van der Waals surface area contributed by atoms with Gasteiger partial charge >= 0.3 is 0 Å². The van der Waals surface area contributed by atoms with Crippen LogP contribution in [0, 0.1) is 5.82 Å². The maximum atomic E-state index is 13.0. The molecule has 0 heterocycles. The van der Waals surface area contributed by atoms with Crippen LogP contribution in [0.3, 0.4) is 0 Å². The van der Waals surface area contributed by atoms with Crippen molar-refractivity contribution in [2.24, 2.45) is 0 Å². The molecule has 0 aliphatic rings. The highest BCUT2D eigenvalue weighted by Gasteiger charge is 2.10. The number of anilines is 2. The second-order valence-corrected chi connectivity index (χ2v) is 7.60. The topological polar surface area (TPSA) is 67.4 Å². The first-order valence-electron chi connectivity index (χ1n) is 10.8. The molecule has 6 heteroatoms. The van der Waals surface area contributed by atoms with Gasteiger partial charge in [-0.2, -0.15) is 0 Å². The fourth-order valence-corrected chi connectivity index (χ4v) is 3.31. The van der Waals surface area contributed by atoms with Crippen molar-refractivity contribution in [2.45, 2.75) is 6.42 Å². The average Bonchev–Trinajstić information content (AvgIpc) is 2.86. The second-order valence-electron chi connectivity index (χ2n) is 7.60. The standard InChI is InChI=1S/C28H23FN2O3/c29-23-11-13-24(14-12-23)30-28(33)22-7-4-8-25(19-22)31-27(32)21-9-15-26(16-10-21)34-18-17-20-5-2-1-3-6-20/h1-16,19H,17-18H2,(H,30,33)(H,31,32). The molecule has 170 valence electrons. The number of carbonyl (C=O) groups is 2. The Bertz CT molecular complexity index is 1260. The van der Waals surface area contributed by atoms with Gasteiger partial charge < -0.3 is 15.4 Å². The van der Waals surface area contributed by atoms with Gasteiger partial charge in [0, 0.05) is 28.9 Å². The van der Waals surface area contributed by atoms with Gasteiger partial charge in [-0.1, -0.05) is 36.4 Å². The van der Waals surface area contributed by atoms with E-state index in [-0.39, 0.29) is 17.6 Å². The molecule has 0 fully saturated rings. The van der Waals surface area contributed by atoms with Gasteiger partial charge in [0.15, 0.2) is 0 Å². The van der Waals surface area contributed by atoms with Gasteiger partial charge in [-0.25, -0.2) is 4.39 Å². The fraction of sp³-hybridized carbons (Fsp3) is 0.0714. The zero-order valence-corrected chi connectivity index (χ0v) is 18.3. The van der Waals surface area contributed by atoms with E-state index < -0.39 is 0 Å². The maximum Gasteiger partial charge on any atom is 0.255 e. The lowest BCUT2D eigenvalue weighted by atomic mass is 10.1. The van der Waals surface area contributed by atoms with Gasteiger partial charge in [0.2, 0.25) is 0 Å². The van der Waals surface area contributed by atoms with Crippen molar-refractivity contribution >= 4 is 23.2 Å². The minimum absolute atomic E-state index is 0.299. The molecule has 4 aromatic rings. The number of nitrogens with one attached hydrogen (secondary N) is 2. The van der Waals surface area contributed by atoms with E-state index in [1.165, 1.54) is 29.8 Å². The van der Waals surface area contributed by atoms with Gasteiger partial charge in [-0.3, -0.25) is 9.59 Å². The van der Waals surface area contributed by atoms with E-state index in [0.717, 1.165) is 6.42 Å². The Morgan fingerprint density at radius 2 is 1.35 bits per heavy atom. The number of rotatable bonds is 8. The zero-order valence-electron chi connectivity index (χ0n) is 18.3. The molecule has 0 unspecified atom stereocenters. The first-order valence-corrected chi connectivity index (χ1v) is 10.8. The molecule has 0 aliphatic carbocycles. The largest absolute Gasteiger partial charge is 0.493 e. The Morgan fingerprint density at radius 1 is 0.676 bits per heavy atom. The summed E-state index contributed by atoms with van der Waals surface area (Å²) < 4.78 is 18.8. The summed E-state index contributed by atoms with van der Waals surface area (Å²) in [5.41, 5.74) is 3.00. The number of halogens is 1. The Labute approximate surface area is 197 Å². The van der Waals surface area contributed by atoms with Gasteiger partial charge in [0.1, 0.15) is 11.6 Å². The molecule has 0 saturated heterocycles. The third-order valence-electron chi connectivity index (χ3n) is 5.10. The summed E-state index contributed by atoms with van der Waals surface area (Å²) in [5, 5.41) is 5.50. The van der Waals surface area contributed by atoms with E-state index in [9.17, 15) is 14.0 Å². The van der Waals surface area contributed by atoms with Crippen molar-refractivity contribution in [3.05, 3.63) is 126 Å². The molecule has 4 aromatic carbocycles. The highest BCUT2D eigenvalue weighted by atomic mass is 19.1. The molecule has 4 rings (SSSR count). The van der Waals surface area contributed by atoms with Crippen molar-refractivity contribution in [2.75, 3.05) is 17.2 Å². The Kier molecular flexibility index (Phi) is 7.30. The summed E-state index contributed by atoms with van der Waals surface area (Å²) in [6.07, 6.45) is 0.800. The molecule has 0 spiro atoms. The van der Waals surface area contributed by atoms with Crippen LogP contribution < -0.4 is 15.4 Å². The molecule has 0 atom stereocenters. The summed E-state index contributed by atoms with van der Waals surface area (Å²) in [6.45, 7) is 0.544. The molecule has 5 nitrogen and oxygen atoms in total. The van der Waals surface area contributed by atoms with Gasteiger partial charge in [-0.15, -0.1) is 0 Å². The average molecular weight is 455 g/mol. The quantitative estimate of drug-likeness (QED) is 0.346. The number of hydrogen-bond donors (Lipinski definition) is 2. The van der Waals surface area contributed by atoms with E-state index in [0.29, 0.717) is 34.9 Å². The lowest BCUT2D eigenvalue weighted by Gasteiger charge is -2.10. The van der Waals surface area contributed by atoms with Crippen LogP contribution in [0.5, 0.6) is 5.75 Å². The third-order valence-corrected chi connectivity index (χ3v) is 5.10. The molecule has 0 aromatic heterocycles. The molecular formula is C28H23FN2O3. The van der Waals surface area contributed by atoms with Crippen molar-refractivity contribution in [1.82, 2.24) is 0 Å². The smallest absolute Gasteiger partial charge is 0.255 e. The van der Waals surface area contributed by atoms with Crippen LogP contribution in [0.2, 0.25) is 0 Å². The minimum atomic E-state index is -0.380. The van der Waals surface area contributed by atoms with Gasteiger partial charge in [-0.05, 0) is 72.3 Å². The Balaban J connectivity index is 1.32. The molecular weight excluding hydrogens is 431 g/mol. The summed E-state index contributed by atoms with van der Waals surface area (Å²) in [7, 11) is 0. The normalized spacial score (nSPS) is 10.4. The second kappa shape index (κ2) is 10.9. The predicted octanol–water partition coefficient (Wildman–Crippen LogP) is 5.95. The maximum absolute atomic E-state index is 13.0. The summed E-state index contributed by atoms with van der Waals surface area (Å²) in [4.78, 5) is 25.1. The van der Waals surface area contributed by atoms with Crippen LogP contribution in [-0.2, 0) is 6.42 Å². The van der Waals surface area contributed by atoms with Crippen LogP contribution in [0.4, 0.5) is 15.8 Å². The lowest BCUT2D eigenvalue weighted by molar-refractivity contribution is 0.101. The molecule has 2 amide bonds. The number of amides is 2. The molecule has 0 aliphatic heterocycles. The van der Waals surface area contributed by atoms with E-state index >= 15 is 0 Å². The summed E-state index contributed by atoms with van der Waals surface area (Å²) in [6, 6.07) is 29.1. The van der Waals surface area contributed by atoms with E-state index in [4.69, 9.17) is 4.74 Å². The number of benzene rings is 4. The minimum Gasteiger partial charge on any atom is -0.493 e. The molecule has 0 radical (unpaired) electrons. The molecule has 34 heavy (non-hydrogen) atoms. The monoisotopic (exact) mass is 454 g/mol. The number of carbonyl (C=O) groups excluding carboxylic acids is 2. The third kappa shape index (κ3) is 6.29. The number of ether oxygens (including phenoxy) is 1. The van der Waals surface area contributed by atoms with Crippen molar-refractivity contribution in [1.29, 1.82) is 0 Å². The van der Waals surface area contributed by atoms with Crippen LogP contribution in [-0.4, -0.2) is 18.4 Å². The van der Waals surface area contributed by atoms with Crippen molar-refractivity contribution < 1.29 is 18.7 Å². The predicted molar refractivity (Wildman–Crippen MR) is 131 cm³/mol. The van der Waals surface area contributed by atoms with E-state index in [1.807, 2.05) is 18.2 Å². The van der Waals surface area contributed by atoms with E-state index in [1.54, 1.807) is 48.5 Å². The highest BCUT2D eigenvalue weighted by Crippen LogP contribution is 2.17. The summed E-state index contributed by atoms with van der Waals surface area (Å²) >= 11 is 0. The van der Waals surface area contributed by atoms with Crippen LogP contribution in [0.15, 0.2) is 103 Å². The van der Waals surface area contributed by atoms with Crippen LogP contribution in [0.25, 0.3) is 0 Å². The van der Waals surface area contributed by atoms with Crippen molar-refractivity contribution in [3.63, 3.8) is 0 Å². The number of hydrogen-bond acceptors (Lipinski definition) is 3. The van der Waals surface area contributed by atoms with Gasteiger partial charge in [0.25, 0.3) is 11.8 Å².